The van der Waals surface area contributed by atoms with Gasteiger partial charge in [-0.2, -0.15) is 5.26 Å². The van der Waals surface area contributed by atoms with Crippen molar-refractivity contribution in [3.8, 4) is 40.1 Å². The van der Waals surface area contributed by atoms with E-state index in [2.05, 4.69) is 41.4 Å². The third kappa shape index (κ3) is 13.3. The number of nitrogens with two attached hydrogens (primary N) is 3. The third-order valence-corrected chi connectivity index (χ3v) is 11.9. The normalized spacial score (nSPS) is 16.6. The van der Waals surface area contributed by atoms with Crippen molar-refractivity contribution in [3.05, 3.63) is 94.8 Å². The van der Waals surface area contributed by atoms with Crippen LogP contribution in [0.2, 0.25) is 0 Å². The number of aromatic nitrogens is 2. The first-order valence-corrected chi connectivity index (χ1v) is 22.8. The van der Waals surface area contributed by atoms with Crippen LogP contribution < -0.4 is 37.3 Å². The molecule has 0 aliphatic carbocycles. The number of carbonyl (C=O) groups is 6. The molecule has 0 fully saturated rings. The standard InChI is InChI=1S/C51H63N9O8/c1-30-24-43(63)46(60(6)49(65)35(17-21-56-50(55)66)28-42(62)39-29-57-47(58-31(39)2)33-10-13-36(14-11-33)51(3,4)5)34-12-16-45(68-23-20-54)38(27-34)37-25-32(9-15-44(37)67-22-19-53)26-40(59-48(30)64)41(61)8-7-18-52/h9-16,25,27,29-30,35,40,46H,7-8,17,19-24,26,28,53-54H2,1-6H3,(H,59,64)(H3,55,56,66). The van der Waals surface area contributed by atoms with Gasteiger partial charge in [-0.05, 0) is 66.1 Å². The summed E-state index contributed by atoms with van der Waals surface area (Å²) in [6.07, 6.45) is 0.657. The number of nitriles is 1. The number of hydrogen-bond acceptors (Lipinski definition) is 13. The average molecular weight is 930 g/mol. The van der Waals surface area contributed by atoms with Gasteiger partial charge < -0.3 is 42.2 Å². The topological polar surface area (TPSA) is 276 Å². The minimum atomic E-state index is -1.32. The zero-order chi connectivity index (χ0) is 49.7. The zero-order valence-corrected chi connectivity index (χ0v) is 39.7. The summed E-state index contributed by atoms with van der Waals surface area (Å²) in [6, 6.07) is 17.0. The fourth-order valence-electron chi connectivity index (χ4n) is 8.14. The monoisotopic (exact) mass is 929 g/mol. The van der Waals surface area contributed by atoms with E-state index in [1.54, 1.807) is 50.2 Å². The van der Waals surface area contributed by atoms with E-state index in [0.29, 0.717) is 45.3 Å². The fraction of sp³-hybridized carbons (Fsp3) is 0.431. The first kappa shape index (κ1) is 51.9. The maximum Gasteiger partial charge on any atom is 0.312 e. The molecule has 1 aliphatic heterocycles. The van der Waals surface area contributed by atoms with Crippen molar-refractivity contribution in [2.24, 2.45) is 29.0 Å². The smallest absolute Gasteiger partial charge is 0.312 e. The highest BCUT2D eigenvalue weighted by atomic mass is 16.5. The number of urea groups is 1. The van der Waals surface area contributed by atoms with Crippen molar-refractivity contribution in [2.45, 2.75) is 90.6 Å². The van der Waals surface area contributed by atoms with Crippen LogP contribution >= 0.6 is 0 Å². The third-order valence-electron chi connectivity index (χ3n) is 11.9. The molecule has 4 unspecified atom stereocenters. The number of Topliss-reactive ketones (excluding diaryl/α,β-unsaturated/α-hetero) is 3. The Bertz CT molecular complexity index is 2530. The van der Waals surface area contributed by atoms with Crippen molar-refractivity contribution >= 4 is 35.2 Å². The molecule has 0 saturated heterocycles. The van der Waals surface area contributed by atoms with Gasteiger partial charge in [0.15, 0.2) is 23.2 Å². The van der Waals surface area contributed by atoms with Gasteiger partial charge in [0.05, 0.1) is 23.4 Å². The molecule has 360 valence electrons. The van der Waals surface area contributed by atoms with Crippen molar-refractivity contribution in [2.75, 3.05) is 39.9 Å². The molecule has 5 rings (SSSR count). The van der Waals surface area contributed by atoms with Crippen LogP contribution in [0.4, 0.5) is 4.79 Å². The molecule has 1 aromatic heterocycles. The summed E-state index contributed by atoms with van der Waals surface area (Å²) in [5.41, 5.74) is 21.6. The number of aryl methyl sites for hydroxylation is 1. The molecular weight excluding hydrogens is 867 g/mol. The molecule has 17 heteroatoms. The number of hydrogen-bond donors (Lipinski definition) is 5. The predicted octanol–water partition coefficient (Wildman–Crippen LogP) is 5.05. The van der Waals surface area contributed by atoms with Crippen molar-refractivity contribution in [3.63, 3.8) is 0 Å². The van der Waals surface area contributed by atoms with E-state index in [1.807, 2.05) is 30.3 Å². The highest BCUT2D eigenvalue weighted by Gasteiger charge is 2.36. The van der Waals surface area contributed by atoms with Gasteiger partial charge in [0, 0.05) is 87.1 Å². The quantitative estimate of drug-likeness (QED) is 0.0819. The molecule has 2 heterocycles. The van der Waals surface area contributed by atoms with E-state index >= 15 is 0 Å². The Hall–Kier alpha value is -7.03. The van der Waals surface area contributed by atoms with Gasteiger partial charge in [0.1, 0.15) is 30.8 Å². The molecule has 4 bridgehead atoms. The Morgan fingerprint density at radius 3 is 2.21 bits per heavy atom. The van der Waals surface area contributed by atoms with Crippen LogP contribution in [0.25, 0.3) is 22.5 Å². The van der Waals surface area contributed by atoms with Crippen molar-refractivity contribution in [1.29, 1.82) is 5.26 Å². The van der Waals surface area contributed by atoms with Crippen LogP contribution in [0.15, 0.2) is 66.9 Å². The number of primary amides is 1. The van der Waals surface area contributed by atoms with Crippen LogP contribution in [-0.2, 0) is 31.0 Å². The number of ketones is 3. The van der Waals surface area contributed by atoms with Crippen LogP contribution in [0.5, 0.6) is 11.5 Å². The molecule has 1 aliphatic rings. The van der Waals surface area contributed by atoms with Gasteiger partial charge in [0.2, 0.25) is 11.8 Å². The molecule has 4 aromatic rings. The van der Waals surface area contributed by atoms with Crippen LogP contribution in [0.3, 0.4) is 0 Å². The van der Waals surface area contributed by atoms with Crippen LogP contribution in [0, 0.1) is 30.1 Å². The van der Waals surface area contributed by atoms with Crippen molar-refractivity contribution < 1.29 is 38.2 Å². The van der Waals surface area contributed by atoms with Gasteiger partial charge in [-0.25, -0.2) is 14.8 Å². The van der Waals surface area contributed by atoms with E-state index in [4.69, 9.17) is 26.7 Å². The molecule has 0 radical (unpaired) electrons. The van der Waals surface area contributed by atoms with Crippen LogP contribution in [-0.4, -0.2) is 96.0 Å². The Labute approximate surface area is 397 Å². The molecule has 0 spiro atoms. The SMILES string of the molecule is Cc1nc(-c2ccc(C(C)(C)C)cc2)ncc1C(=O)CC(CCNC(N)=O)C(=O)N(C)C1C(=O)CC(C)C(=O)NC(C(=O)CCC#N)Cc2ccc(OCCN)c(c2)-c2cc1ccc2OCCN. The van der Waals surface area contributed by atoms with Gasteiger partial charge in [-0.1, -0.05) is 64.1 Å². The van der Waals surface area contributed by atoms with E-state index in [0.717, 1.165) is 11.1 Å². The Morgan fingerprint density at radius 1 is 0.956 bits per heavy atom. The lowest BCUT2D eigenvalue weighted by molar-refractivity contribution is -0.142. The average Bonchev–Trinajstić information content (AvgIpc) is 3.30. The Balaban J connectivity index is 1.58. The summed E-state index contributed by atoms with van der Waals surface area (Å²) >= 11 is 0. The summed E-state index contributed by atoms with van der Waals surface area (Å²) < 4.78 is 12.2. The maximum atomic E-state index is 14.9. The minimum absolute atomic E-state index is 0.0251. The van der Waals surface area contributed by atoms with E-state index in [-0.39, 0.29) is 88.1 Å². The highest BCUT2D eigenvalue weighted by molar-refractivity contribution is 6.00. The number of carbonyl (C=O) groups excluding carboxylic acids is 6. The first-order valence-electron chi connectivity index (χ1n) is 22.8. The number of rotatable bonds is 18. The van der Waals surface area contributed by atoms with Gasteiger partial charge in [-0.3, -0.25) is 24.0 Å². The fourth-order valence-corrected chi connectivity index (χ4v) is 8.14. The number of likely N-dealkylation sites (N-methyl/N-ethyl adjacent to an activating group) is 1. The molecule has 8 N–H and O–H groups in total. The summed E-state index contributed by atoms with van der Waals surface area (Å²) in [7, 11) is 1.45. The molecule has 3 aromatic carbocycles. The number of fused-ring (bicyclic) bond motifs is 5. The molecular formula is C51H63N9O8. The summed E-state index contributed by atoms with van der Waals surface area (Å²) in [5.74, 6) is -3.30. The molecule has 0 saturated carbocycles. The second-order valence-corrected chi connectivity index (χ2v) is 18.1. The largest absolute Gasteiger partial charge is 0.492 e. The second-order valence-electron chi connectivity index (χ2n) is 18.1. The second kappa shape index (κ2) is 23.6. The predicted molar refractivity (Wildman–Crippen MR) is 256 cm³/mol. The molecule has 68 heavy (non-hydrogen) atoms. The highest BCUT2D eigenvalue weighted by Crippen LogP contribution is 2.41. The van der Waals surface area contributed by atoms with Gasteiger partial charge >= 0.3 is 6.03 Å². The molecule has 4 atom stereocenters. The number of amides is 4. The lowest BCUT2D eigenvalue weighted by Gasteiger charge is -2.32. The van der Waals surface area contributed by atoms with Gasteiger partial charge in [0.25, 0.3) is 0 Å². The summed E-state index contributed by atoms with van der Waals surface area (Å²) in [6.45, 7) is 10.2. The zero-order valence-electron chi connectivity index (χ0n) is 39.7. The molecule has 17 nitrogen and oxygen atoms in total. The lowest BCUT2D eigenvalue weighted by Crippen LogP contribution is -2.46. The van der Waals surface area contributed by atoms with E-state index in [9.17, 15) is 34.0 Å². The minimum Gasteiger partial charge on any atom is -0.492 e. The van der Waals surface area contributed by atoms with E-state index in [1.165, 1.54) is 18.1 Å². The number of benzene rings is 3. The molecule has 4 amide bonds. The van der Waals surface area contributed by atoms with E-state index < -0.39 is 53.3 Å². The maximum absolute atomic E-state index is 14.9. The van der Waals surface area contributed by atoms with Gasteiger partial charge in [-0.15, -0.1) is 0 Å². The summed E-state index contributed by atoms with van der Waals surface area (Å²) in [4.78, 5) is 93.5. The Morgan fingerprint density at radius 2 is 1.60 bits per heavy atom. The first-order chi connectivity index (χ1) is 32.4. The Kier molecular flexibility index (Phi) is 18.0. The number of nitrogens with one attached hydrogen (secondary N) is 2. The lowest BCUT2D eigenvalue weighted by atomic mass is 9.86. The summed E-state index contributed by atoms with van der Waals surface area (Å²) in [5, 5.41) is 14.6. The number of ether oxygens (including phenoxy) is 2. The van der Waals surface area contributed by atoms with Crippen LogP contribution in [0.1, 0.15) is 98.6 Å². The van der Waals surface area contributed by atoms with Crippen molar-refractivity contribution in [1.82, 2.24) is 25.5 Å². The number of nitrogens with zero attached hydrogens (tertiary/aromatic N) is 4.